The molecule has 0 spiro atoms. The van der Waals surface area contributed by atoms with Crippen LogP contribution in [0.4, 0.5) is 5.82 Å². The van der Waals surface area contributed by atoms with Crippen molar-refractivity contribution in [1.29, 1.82) is 0 Å². The SMILES string of the molecule is Nc1cc(SC2C3CC4CC(C3)CC2C4)ccn1. The van der Waals surface area contributed by atoms with Gasteiger partial charge in [0, 0.05) is 16.3 Å². The maximum Gasteiger partial charge on any atom is 0.124 e. The van der Waals surface area contributed by atoms with Gasteiger partial charge in [-0.2, -0.15) is 0 Å². The standard InChI is InChI=1S/C15H20N2S/c16-14-8-13(1-2-17-14)18-15-11-4-9-3-10(6-11)7-12(15)5-9/h1-2,8-12,15H,3-7H2,(H2,16,17). The number of hydrogen-bond donors (Lipinski definition) is 1. The Bertz CT molecular complexity index is 432. The minimum absolute atomic E-state index is 0.656. The second-order valence-corrected chi connectivity index (χ2v) is 7.68. The van der Waals surface area contributed by atoms with Crippen LogP contribution in [0.2, 0.25) is 0 Å². The Morgan fingerprint density at radius 2 is 1.72 bits per heavy atom. The molecule has 0 aliphatic heterocycles. The molecular formula is C15H20N2S. The largest absolute Gasteiger partial charge is 0.384 e. The van der Waals surface area contributed by atoms with E-state index < -0.39 is 0 Å². The van der Waals surface area contributed by atoms with Crippen molar-refractivity contribution >= 4 is 17.6 Å². The summed E-state index contributed by atoms with van der Waals surface area (Å²) >= 11 is 2.07. The van der Waals surface area contributed by atoms with E-state index in [2.05, 4.69) is 22.8 Å². The van der Waals surface area contributed by atoms with Gasteiger partial charge in [-0.05, 0) is 67.9 Å². The van der Waals surface area contributed by atoms with Crippen molar-refractivity contribution in [2.45, 2.75) is 42.2 Å². The molecule has 0 radical (unpaired) electrons. The Morgan fingerprint density at radius 1 is 1.06 bits per heavy atom. The van der Waals surface area contributed by atoms with Gasteiger partial charge in [-0.3, -0.25) is 0 Å². The normalized spacial score (nSPS) is 41.2. The van der Waals surface area contributed by atoms with Crippen LogP contribution in [0, 0.1) is 23.7 Å². The summed E-state index contributed by atoms with van der Waals surface area (Å²) in [6, 6.07) is 4.15. The minimum atomic E-state index is 0.656. The molecule has 4 fully saturated rings. The molecule has 0 unspecified atom stereocenters. The first-order chi connectivity index (χ1) is 8.78. The average molecular weight is 260 g/mol. The molecular weight excluding hydrogens is 240 g/mol. The van der Waals surface area contributed by atoms with Crippen LogP contribution in [-0.4, -0.2) is 10.2 Å². The number of nitrogens with two attached hydrogens (primary N) is 1. The Hall–Kier alpha value is -0.700. The average Bonchev–Trinajstić information content (AvgIpc) is 2.33. The first-order valence-electron chi connectivity index (χ1n) is 7.16. The third-order valence-electron chi connectivity index (χ3n) is 5.16. The summed E-state index contributed by atoms with van der Waals surface area (Å²) in [5.74, 6) is 4.73. The molecule has 0 atom stereocenters. The summed E-state index contributed by atoms with van der Waals surface area (Å²) in [6.07, 6.45) is 9.34. The highest BCUT2D eigenvalue weighted by Crippen LogP contribution is 2.57. The van der Waals surface area contributed by atoms with E-state index in [1.165, 1.54) is 37.0 Å². The predicted octanol–water partition coefficient (Wildman–Crippen LogP) is 3.58. The fourth-order valence-electron chi connectivity index (χ4n) is 4.73. The number of hydrogen-bond acceptors (Lipinski definition) is 3. The summed E-state index contributed by atoms with van der Waals surface area (Å²) in [4.78, 5) is 5.41. The molecule has 1 aromatic rings. The van der Waals surface area contributed by atoms with E-state index in [0.29, 0.717) is 5.82 Å². The molecule has 4 saturated carbocycles. The molecule has 0 saturated heterocycles. The molecule has 1 heterocycles. The third kappa shape index (κ3) is 1.83. The molecule has 0 amide bonds. The number of nitrogens with zero attached hydrogens (tertiary/aromatic N) is 1. The highest BCUT2D eigenvalue weighted by atomic mass is 32.2. The lowest BCUT2D eigenvalue weighted by molar-refractivity contribution is 0.0267. The molecule has 2 N–H and O–H groups in total. The number of rotatable bonds is 2. The lowest BCUT2D eigenvalue weighted by Crippen LogP contribution is -2.46. The molecule has 2 nitrogen and oxygen atoms in total. The molecule has 5 rings (SSSR count). The van der Waals surface area contributed by atoms with Gasteiger partial charge in [-0.1, -0.05) is 0 Å². The molecule has 3 heteroatoms. The van der Waals surface area contributed by atoms with Crippen molar-refractivity contribution in [1.82, 2.24) is 4.98 Å². The van der Waals surface area contributed by atoms with Crippen LogP contribution >= 0.6 is 11.8 Å². The third-order valence-corrected chi connectivity index (χ3v) is 6.73. The van der Waals surface area contributed by atoms with Crippen LogP contribution in [0.15, 0.2) is 23.2 Å². The maximum absolute atomic E-state index is 5.78. The molecule has 96 valence electrons. The van der Waals surface area contributed by atoms with E-state index in [0.717, 1.165) is 28.9 Å². The maximum atomic E-state index is 5.78. The minimum Gasteiger partial charge on any atom is -0.384 e. The molecule has 18 heavy (non-hydrogen) atoms. The second-order valence-electron chi connectivity index (χ2n) is 6.43. The van der Waals surface area contributed by atoms with Gasteiger partial charge >= 0.3 is 0 Å². The number of pyridine rings is 1. The van der Waals surface area contributed by atoms with E-state index in [9.17, 15) is 0 Å². The Labute approximate surface area is 113 Å². The Morgan fingerprint density at radius 3 is 2.33 bits per heavy atom. The molecule has 4 bridgehead atoms. The quantitative estimate of drug-likeness (QED) is 0.883. The topological polar surface area (TPSA) is 38.9 Å². The fraction of sp³-hybridized carbons (Fsp3) is 0.667. The van der Waals surface area contributed by atoms with Gasteiger partial charge in [0.05, 0.1) is 0 Å². The second kappa shape index (κ2) is 4.16. The lowest BCUT2D eigenvalue weighted by atomic mass is 9.56. The zero-order valence-corrected chi connectivity index (χ0v) is 11.4. The number of thioether (sulfide) groups is 1. The van der Waals surface area contributed by atoms with Gasteiger partial charge in [0.2, 0.25) is 0 Å². The molecule has 1 aromatic heterocycles. The van der Waals surface area contributed by atoms with E-state index in [-0.39, 0.29) is 0 Å². The fourth-order valence-corrected chi connectivity index (χ4v) is 6.20. The van der Waals surface area contributed by atoms with Crippen molar-refractivity contribution in [3.8, 4) is 0 Å². The number of anilines is 1. The van der Waals surface area contributed by atoms with Crippen molar-refractivity contribution < 1.29 is 0 Å². The van der Waals surface area contributed by atoms with Crippen LogP contribution in [0.1, 0.15) is 32.1 Å². The zero-order valence-electron chi connectivity index (χ0n) is 10.6. The van der Waals surface area contributed by atoms with Gasteiger partial charge in [0.15, 0.2) is 0 Å². The summed E-state index contributed by atoms with van der Waals surface area (Å²) in [5.41, 5.74) is 5.78. The van der Waals surface area contributed by atoms with Crippen molar-refractivity contribution in [2.24, 2.45) is 23.7 Å². The highest BCUT2D eigenvalue weighted by Gasteiger charge is 2.48. The number of aromatic nitrogens is 1. The summed E-state index contributed by atoms with van der Waals surface area (Å²) < 4.78 is 0. The predicted molar refractivity (Wildman–Crippen MR) is 75.3 cm³/mol. The highest BCUT2D eigenvalue weighted by molar-refractivity contribution is 8.00. The first-order valence-corrected chi connectivity index (χ1v) is 8.04. The molecule has 0 aromatic carbocycles. The van der Waals surface area contributed by atoms with E-state index in [1.807, 2.05) is 12.3 Å². The van der Waals surface area contributed by atoms with Gasteiger partial charge in [-0.15, -0.1) is 11.8 Å². The van der Waals surface area contributed by atoms with Gasteiger partial charge in [-0.25, -0.2) is 4.98 Å². The van der Waals surface area contributed by atoms with E-state index in [1.54, 1.807) is 0 Å². The summed E-state index contributed by atoms with van der Waals surface area (Å²) in [6.45, 7) is 0. The van der Waals surface area contributed by atoms with Gasteiger partial charge in [0.1, 0.15) is 5.82 Å². The molecule has 4 aliphatic carbocycles. The zero-order chi connectivity index (χ0) is 12.1. The molecule has 4 aliphatic rings. The van der Waals surface area contributed by atoms with Crippen molar-refractivity contribution in [2.75, 3.05) is 5.73 Å². The first kappa shape index (κ1) is 11.2. The summed E-state index contributed by atoms with van der Waals surface area (Å²) in [7, 11) is 0. The van der Waals surface area contributed by atoms with Crippen LogP contribution < -0.4 is 5.73 Å². The monoisotopic (exact) mass is 260 g/mol. The van der Waals surface area contributed by atoms with Crippen LogP contribution in [0.3, 0.4) is 0 Å². The Balaban J connectivity index is 1.55. The van der Waals surface area contributed by atoms with Crippen molar-refractivity contribution in [3.63, 3.8) is 0 Å². The van der Waals surface area contributed by atoms with Gasteiger partial charge in [0.25, 0.3) is 0 Å². The lowest BCUT2D eigenvalue weighted by Gasteiger charge is -2.54. The van der Waals surface area contributed by atoms with E-state index >= 15 is 0 Å². The van der Waals surface area contributed by atoms with Crippen LogP contribution in [0.25, 0.3) is 0 Å². The summed E-state index contributed by atoms with van der Waals surface area (Å²) in [5, 5.41) is 0.847. The van der Waals surface area contributed by atoms with Crippen LogP contribution in [0.5, 0.6) is 0 Å². The van der Waals surface area contributed by atoms with Gasteiger partial charge < -0.3 is 5.73 Å². The Kier molecular flexibility index (Phi) is 2.58. The van der Waals surface area contributed by atoms with Crippen molar-refractivity contribution in [3.05, 3.63) is 18.3 Å². The van der Waals surface area contributed by atoms with E-state index in [4.69, 9.17) is 5.73 Å². The van der Waals surface area contributed by atoms with Crippen LogP contribution in [-0.2, 0) is 0 Å². The smallest absolute Gasteiger partial charge is 0.124 e. The number of nitrogen functional groups attached to an aromatic ring is 1.